The number of nitrogens with one attached hydrogen (secondary N) is 1. The summed E-state index contributed by atoms with van der Waals surface area (Å²) in [5, 5.41) is 1.02. The van der Waals surface area contributed by atoms with Crippen LogP contribution < -0.4 is 5.43 Å². The molecule has 1 aromatic heterocycles. The lowest BCUT2D eigenvalue weighted by atomic mass is 10.1. The molecule has 2 aromatic rings. The Labute approximate surface area is 150 Å². The van der Waals surface area contributed by atoms with Gasteiger partial charge in [0.05, 0.1) is 24.8 Å². The number of aromatic amines is 1. The molecule has 1 amide bonds. The van der Waals surface area contributed by atoms with E-state index in [1.165, 1.54) is 6.20 Å². The maximum Gasteiger partial charge on any atom is 0.259 e. The molecule has 2 atom stereocenters. The van der Waals surface area contributed by atoms with E-state index >= 15 is 0 Å². The van der Waals surface area contributed by atoms with Gasteiger partial charge in [0.1, 0.15) is 5.56 Å². The summed E-state index contributed by atoms with van der Waals surface area (Å²) in [7, 11) is 2.06. The van der Waals surface area contributed by atoms with Crippen LogP contribution in [0.2, 0.25) is 5.02 Å². The molecule has 2 saturated heterocycles. The van der Waals surface area contributed by atoms with Crippen molar-refractivity contribution in [1.29, 1.82) is 0 Å². The van der Waals surface area contributed by atoms with Crippen molar-refractivity contribution >= 4 is 28.4 Å². The van der Waals surface area contributed by atoms with Crippen LogP contribution in [0.3, 0.4) is 0 Å². The number of amides is 1. The number of rotatable bonds is 1. The van der Waals surface area contributed by atoms with Crippen LogP contribution in [0.1, 0.15) is 10.4 Å². The fourth-order valence-electron chi connectivity index (χ4n) is 3.74. The van der Waals surface area contributed by atoms with Gasteiger partial charge in [0.15, 0.2) is 0 Å². The topological polar surface area (TPSA) is 65.6 Å². The maximum atomic E-state index is 13.0. The number of likely N-dealkylation sites (N-methyl/N-ethyl adjacent to an activating group) is 1. The summed E-state index contributed by atoms with van der Waals surface area (Å²) < 4.78 is 5.70. The monoisotopic (exact) mass is 361 g/mol. The summed E-state index contributed by atoms with van der Waals surface area (Å²) in [5.74, 6) is 0.0464. The number of H-pyrrole nitrogens is 1. The van der Waals surface area contributed by atoms with Crippen molar-refractivity contribution in [2.45, 2.75) is 6.04 Å². The highest BCUT2D eigenvalue weighted by molar-refractivity contribution is 6.31. The van der Waals surface area contributed by atoms with Gasteiger partial charge in [-0.1, -0.05) is 11.6 Å². The van der Waals surface area contributed by atoms with Gasteiger partial charge in [0.2, 0.25) is 5.43 Å². The minimum atomic E-state index is -0.255. The molecule has 3 heterocycles. The normalized spacial score (nSPS) is 24.3. The van der Waals surface area contributed by atoms with Crippen LogP contribution in [0.4, 0.5) is 0 Å². The van der Waals surface area contributed by atoms with E-state index in [2.05, 4.69) is 16.9 Å². The highest BCUT2D eigenvalue weighted by Gasteiger charge is 2.34. The van der Waals surface area contributed by atoms with Crippen molar-refractivity contribution in [1.82, 2.24) is 14.8 Å². The standard InChI is InChI=1S/C18H20ClN3O3/c1-21-6-11-7-22(8-13(21)10-25-9-11)18(24)15-5-20-16-4-12(19)2-3-14(16)17(15)23/h2-5,11,13H,6-10H2,1H3,(H,20,23)/t11-,13+/m1/s1. The number of benzene rings is 1. The van der Waals surface area contributed by atoms with Crippen LogP contribution in [-0.2, 0) is 4.74 Å². The van der Waals surface area contributed by atoms with Crippen LogP contribution in [0.25, 0.3) is 10.9 Å². The smallest absolute Gasteiger partial charge is 0.259 e. The molecule has 0 saturated carbocycles. The molecule has 4 rings (SSSR count). The molecular formula is C18H20ClN3O3. The van der Waals surface area contributed by atoms with Crippen molar-refractivity contribution in [3.05, 3.63) is 45.2 Å². The average Bonchev–Trinajstić information content (AvgIpc) is 2.83. The van der Waals surface area contributed by atoms with Crippen molar-refractivity contribution in [3.8, 4) is 0 Å². The van der Waals surface area contributed by atoms with Gasteiger partial charge >= 0.3 is 0 Å². The van der Waals surface area contributed by atoms with Gasteiger partial charge in [0, 0.05) is 42.2 Å². The van der Waals surface area contributed by atoms with Crippen molar-refractivity contribution in [3.63, 3.8) is 0 Å². The molecule has 132 valence electrons. The number of hydrogen-bond donors (Lipinski definition) is 1. The number of carbonyl (C=O) groups excluding carboxylic acids is 1. The van der Waals surface area contributed by atoms with E-state index in [4.69, 9.17) is 16.3 Å². The molecule has 2 fully saturated rings. The van der Waals surface area contributed by atoms with Gasteiger partial charge in [-0.3, -0.25) is 14.5 Å². The molecule has 2 aliphatic heterocycles. The molecule has 6 nitrogen and oxygen atoms in total. The van der Waals surface area contributed by atoms with E-state index in [1.54, 1.807) is 23.1 Å². The number of carbonyl (C=O) groups is 1. The predicted molar refractivity (Wildman–Crippen MR) is 96.2 cm³/mol. The molecular weight excluding hydrogens is 342 g/mol. The molecule has 0 spiro atoms. The second kappa shape index (κ2) is 6.44. The molecule has 7 heteroatoms. The third-order valence-corrected chi connectivity index (χ3v) is 5.34. The second-order valence-corrected chi connectivity index (χ2v) is 7.36. The predicted octanol–water partition coefficient (Wildman–Crippen LogP) is 1.58. The fourth-order valence-corrected chi connectivity index (χ4v) is 3.91. The molecule has 2 aliphatic rings. The number of ether oxygens (including phenoxy) is 1. The van der Waals surface area contributed by atoms with Crippen molar-refractivity contribution in [2.24, 2.45) is 5.92 Å². The number of nitrogens with zero attached hydrogens (tertiary/aromatic N) is 2. The summed E-state index contributed by atoms with van der Waals surface area (Å²) in [5.41, 5.74) is 0.558. The lowest BCUT2D eigenvalue weighted by Crippen LogP contribution is -2.45. The summed E-state index contributed by atoms with van der Waals surface area (Å²) in [6.45, 7) is 3.35. The van der Waals surface area contributed by atoms with Gasteiger partial charge in [-0.05, 0) is 25.2 Å². The van der Waals surface area contributed by atoms with Crippen molar-refractivity contribution < 1.29 is 9.53 Å². The van der Waals surface area contributed by atoms with E-state index in [-0.39, 0.29) is 28.9 Å². The Morgan fingerprint density at radius 3 is 2.96 bits per heavy atom. The van der Waals surface area contributed by atoms with Gasteiger partial charge in [-0.2, -0.15) is 0 Å². The minimum absolute atomic E-state index is 0.162. The first-order valence-corrected chi connectivity index (χ1v) is 8.79. The van der Waals surface area contributed by atoms with Crippen LogP contribution in [0, 0.1) is 5.92 Å². The van der Waals surface area contributed by atoms with Gasteiger partial charge in [0.25, 0.3) is 5.91 Å². The average molecular weight is 362 g/mol. The zero-order valence-corrected chi connectivity index (χ0v) is 14.8. The number of hydrogen-bond acceptors (Lipinski definition) is 4. The zero-order chi connectivity index (χ0) is 17.6. The Kier molecular flexibility index (Phi) is 4.27. The Morgan fingerprint density at radius 1 is 1.28 bits per heavy atom. The first kappa shape index (κ1) is 16.6. The number of aromatic nitrogens is 1. The van der Waals surface area contributed by atoms with Crippen molar-refractivity contribution in [2.75, 3.05) is 39.9 Å². The lowest BCUT2D eigenvalue weighted by Gasteiger charge is -2.29. The van der Waals surface area contributed by atoms with Crippen LogP contribution in [0.15, 0.2) is 29.2 Å². The first-order valence-electron chi connectivity index (χ1n) is 8.41. The van der Waals surface area contributed by atoms with Crippen LogP contribution >= 0.6 is 11.6 Å². The molecule has 0 aliphatic carbocycles. The molecule has 0 radical (unpaired) electrons. The molecule has 1 aromatic carbocycles. The van der Waals surface area contributed by atoms with Crippen LogP contribution in [0.5, 0.6) is 0 Å². The van der Waals surface area contributed by atoms with Gasteiger partial charge in [-0.15, -0.1) is 0 Å². The number of fused-ring (bicyclic) bond motifs is 4. The molecule has 0 unspecified atom stereocenters. The van der Waals surface area contributed by atoms with Gasteiger partial charge < -0.3 is 14.6 Å². The minimum Gasteiger partial charge on any atom is -0.379 e. The molecule has 1 N–H and O–H groups in total. The highest BCUT2D eigenvalue weighted by Crippen LogP contribution is 2.20. The van der Waals surface area contributed by atoms with Crippen LogP contribution in [-0.4, -0.2) is 66.6 Å². The van der Waals surface area contributed by atoms with E-state index in [9.17, 15) is 9.59 Å². The highest BCUT2D eigenvalue weighted by atomic mass is 35.5. The maximum absolute atomic E-state index is 13.0. The molecule has 2 bridgehead atoms. The number of pyridine rings is 1. The first-order chi connectivity index (χ1) is 12.0. The third kappa shape index (κ3) is 3.05. The van der Waals surface area contributed by atoms with E-state index < -0.39 is 0 Å². The van der Waals surface area contributed by atoms with Gasteiger partial charge in [-0.25, -0.2) is 0 Å². The fraction of sp³-hybridized carbons (Fsp3) is 0.444. The lowest BCUT2D eigenvalue weighted by molar-refractivity contribution is 0.0433. The summed E-state index contributed by atoms with van der Waals surface area (Å²) in [4.78, 5) is 32.9. The third-order valence-electron chi connectivity index (χ3n) is 5.10. The quantitative estimate of drug-likeness (QED) is 0.837. The SMILES string of the molecule is CN1C[C@H]2COC[C@@H]1CN(C(=O)c1c[nH]c3cc(Cl)ccc3c1=O)C2. The Bertz CT molecular complexity index is 881. The van der Waals surface area contributed by atoms with E-state index in [0.717, 1.165) is 6.54 Å². The Hall–Kier alpha value is -1.89. The second-order valence-electron chi connectivity index (χ2n) is 6.93. The Morgan fingerprint density at radius 2 is 2.12 bits per heavy atom. The molecule has 25 heavy (non-hydrogen) atoms. The summed E-state index contributed by atoms with van der Waals surface area (Å²) in [6.07, 6.45) is 1.50. The van der Waals surface area contributed by atoms with E-state index in [0.29, 0.717) is 42.2 Å². The number of halogens is 1. The summed E-state index contributed by atoms with van der Waals surface area (Å²) >= 11 is 5.97. The summed E-state index contributed by atoms with van der Waals surface area (Å²) in [6, 6.07) is 5.17. The van der Waals surface area contributed by atoms with E-state index in [1.807, 2.05) is 0 Å². The Balaban J connectivity index is 1.69. The largest absolute Gasteiger partial charge is 0.379 e. The zero-order valence-electron chi connectivity index (χ0n) is 14.0.